The van der Waals surface area contributed by atoms with E-state index < -0.39 is 17.8 Å². The number of esters is 1. The lowest BCUT2D eigenvalue weighted by molar-refractivity contribution is -0.145. The molecule has 0 fully saturated rings. The third-order valence-corrected chi connectivity index (χ3v) is 4.60. The van der Waals surface area contributed by atoms with Crippen LogP contribution >= 0.6 is 11.6 Å². The Bertz CT molecular complexity index is 1060. The minimum atomic E-state index is -0.590. The predicted molar refractivity (Wildman–Crippen MR) is 101 cm³/mol. The van der Waals surface area contributed by atoms with Crippen LogP contribution in [0.2, 0.25) is 5.02 Å². The lowest BCUT2D eigenvalue weighted by atomic mass is 10.1. The van der Waals surface area contributed by atoms with Gasteiger partial charge in [0.25, 0.3) is 17.7 Å². The molecule has 8 nitrogen and oxygen atoms in total. The van der Waals surface area contributed by atoms with Gasteiger partial charge in [0.2, 0.25) is 5.82 Å². The molecule has 4 rings (SSSR count). The van der Waals surface area contributed by atoms with Crippen molar-refractivity contribution in [3.63, 3.8) is 0 Å². The third kappa shape index (κ3) is 3.88. The molecule has 0 bridgehead atoms. The number of carbonyl (C=O) groups excluding carboxylic acids is 3. The molecule has 29 heavy (non-hydrogen) atoms. The summed E-state index contributed by atoms with van der Waals surface area (Å²) in [6, 6.07) is 13.4. The SMILES string of the molecule is O=C(CCN1C(=O)c2ccccc2C1=O)OCc1nc(-c2ccc(Cl)cc2)no1. The molecule has 0 saturated carbocycles. The summed E-state index contributed by atoms with van der Waals surface area (Å²) >= 11 is 5.84. The molecule has 2 amide bonds. The van der Waals surface area contributed by atoms with Gasteiger partial charge < -0.3 is 9.26 Å². The molecule has 2 aromatic carbocycles. The maximum absolute atomic E-state index is 12.3. The fourth-order valence-electron chi connectivity index (χ4n) is 2.89. The van der Waals surface area contributed by atoms with E-state index in [1.807, 2.05) is 0 Å². The summed E-state index contributed by atoms with van der Waals surface area (Å²) in [6.07, 6.45) is -0.135. The number of carbonyl (C=O) groups is 3. The van der Waals surface area contributed by atoms with Gasteiger partial charge in [-0.1, -0.05) is 28.9 Å². The molecule has 0 saturated heterocycles. The van der Waals surface area contributed by atoms with E-state index in [1.165, 1.54) is 0 Å². The van der Waals surface area contributed by atoms with Crippen LogP contribution in [-0.4, -0.2) is 39.4 Å². The molecule has 3 aromatic rings. The van der Waals surface area contributed by atoms with E-state index in [0.29, 0.717) is 27.5 Å². The monoisotopic (exact) mass is 411 g/mol. The van der Waals surface area contributed by atoms with Crippen LogP contribution in [0.3, 0.4) is 0 Å². The highest BCUT2D eigenvalue weighted by molar-refractivity contribution is 6.30. The first kappa shape index (κ1) is 18.8. The van der Waals surface area contributed by atoms with Crippen molar-refractivity contribution < 1.29 is 23.6 Å². The molecule has 0 atom stereocenters. The van der Waals surface area contributed by atoms with Crippen molar-refractivity contribution in [3.05, 3.63) is 70.6 Å². The van der Waals surface area contributed by atoms with Gasteiger partial charge >= 0.3 is 5.97 Å². The second-order valence-electron chi connectivity index (χ2n) is 6.24. The molecule has 1 aromatic heterocycles. The second-order valence-corrected chi connectivity index (χ2v) is 6.67. The maximum atomic E-state index is 12.3. The molecule has 0 aliphatic carbocycles. The maximum Gasteiger partial charge on any atom is 0.308 e. The molecule has 1 aliphatic rings. The average molecular weight is 412 g/mol. The van der Waals surface area contributed by atoms with Gasteiger partial charge in [0.1, 0.15) is 0 Å². The van der Waals surface area contributed by atoms with Crippen molar-refractivity contribution in [3.8, 4) is 11.4 Å². The second kappa shape index (κ2) is 7.84. The van der Waals surface area contributed by atoms with E-state index in [9.17, 15) is 14.4 Å². The summed E-state index contributed by atoms with van der Waals surface area (Å²) in [7, 11) is 0. The van der Waals surface area contributed by atoms with Crippen LogP contribution in [-0.2, 0) is 16.1 Å². The van der Waals surface area contributed by atoms with Gasteiger partial charge in [-0.3, -0.25) is 19.3 Å². The number of benzene rings is 2. The highest BCUT2D eigenvalue weighted by Crippen LogP contribution is 2.22. The topological polar surface area (TPSA) is 103 Å². The number of halogens is 1. The number of hydrogen-bond donors (Lipinski definition) is 0. The molecule has 2 heterocycles. The summed E-state index contributed by atoms with van der Waals surface area (Å²) < 4.78 is 10.2. The van der Waals surface area contributed by atoms with Gasteiger partial charge in [0.05, 0.1) is 17.5 Å². The first-order valence-electron chi connectivity index (χ1n) is 8.72. The minimum Gasteiger partial charge on any atom is -0.456 e. The Kier molecular flexibility index (Phi) is 5.09. The lowest BCUT2D eigenvalue weighted by Crippen LogP contribution is -2.32. The molecule has 0 unspecified atom stereocenters. The fraction of sp³-hybridized carbons (Fsp3) is 0.150. The number of hydrogen-bond acceptors (Lipinski definition) is 7. The first-order chi connectivity index (χ1) is 14.0. The molecule has 1 aliphatic heterocycles. The Labute approximate surface area is 170 Å². The van der Waals surface area contributed by atoms with Crippen LogP contribution in [0.15, 0.2) is 53.1 Å². The molecular formula is C20H14ClN3O5. The van der Waals surface area contributed by atoms with Crippen LogP contribution in [0.1, 0.15) is 33.0 Å². The van der Waals surface area contributed by atoms with Crippen LogP contribution in [0.25, 0.3) is 11.4 Å². The van der Waals surface area contributed by atoms with Gasteiger partial charge in [0.15, 0.2) is 6.61 Å². The van der Waals surface area contributed by atoms with E-state index in [2.05, 4.69) is 10.1 Å². The Morgan fingerprint density at radius 3 is 2.34 bits per heavy atom. The number of ether oxygens (including phenoxy) is 1. The van der Waals surface area contributed by atoms with Crippen LogP contribution < -0.4 is 0 Å². The van der Waals surface area contributed by atoms with Gasteiger partial charge in [-0.25, -0.2) is 0 Å². The summed E-state index contributed by atoms with van der Waals surface area (Å²) in [5.74, 6) is -0.943. The summed E-state index contributed by atoms with van der Waals surface area (Å²) in [4.78, 5) is 41.7. The van der Waals surface area contributed by atoms with E-state index in [-0.39, 0.29) is 25.5 Å². The molecular weight excluding hydrogens is 398 g/mol. The normalized spacial score (nSPS) is 12.9. The van der Waals surface area contributed by atoms with Crippen molar-refractivity contribution >= 4 is 29.4 Å². The minimum absolute atomic E-state index is 0.0644. The molecule has 0 radical (unpaired) electrons. The Morgan fingerprint density at radius 2 is 1.69 bits per heavy atom. The number of rotatable bonds is 6. The van der Waals surface area contributed by atoms with E-state index >= 15 is 0 Å². The zero-order valence-corrected chi connectivity index (χ0v) is 15.8. The number of imide groups is 1. The first-order valence-corrected chi connectivity index (χ1v) is 9.10. The average Bonchev–Trinajstić information content (AvgIpc) is 3.30. The molecule has 0 spiro atoms. The molecule has 0 N–H and O–H groups in total. The van der Waals surface area contributed by atoms with Gasteiger partial charge in [-0.15, -0.1) is 0 Å². The summed E-state index contributed by atoms with van der Waals surface area (Å²) in [5, 5.41) is 4.42. The summed E-state index contributed by atoms with van der Waals surface area (Å²) in [6.45, 7) is -0.271. The fourth-order valence-corrected chi connectivity index (χ4v) is 3.02. The Morgan fingerprint density at radius 1 is 1.03 bits per heavy atom. The highest BCUT2D eigenvalue weighted by Gasteiger charge is 2.35. The number of amides is 2. The van der Waals surface area contributed by atoms with Crippen molar-refractivity contribution in [1.29, 1.82) is 0 Å². The van der Waals surface area contributed by atoms with Gasteiger partial charge in [-0.05, 0) is 36.4 Å². The van der Waals surface area contributed by atoms with Crippen molar-refractivity contribution in [1.82, 2.24) is 15.0 Å². The van der Waals surface area contributed by atoms with Crippen LogP contribution in [0.4, 0.5) is 0 Å². The highest BCUT2D eigenvalue weighted by atomic mass is 35.5. The quantitative estimate of drug-likeness (QED) is 0.453. The van der Waals surface area contributed by atoms with Crippen molar-refractivity contribution in [2.45, 2.75) is 13.0 Å². The smallest absolute Gasteiger partial charge is 0.308 e. The number of nitrogens with zero attached hydrogens (tertiary/aromatic N) is 3. The zero-order valence-electron chi connectivity index (χ0n) is 15.0. The summed E-state index contributed by atoms with van der Waals surface area (Å²) in [5.41, 5.74) is 1.39. The standard InChI is InChI=1S/C20H14ClN3O5/c21-13-7-5-12(6-8-13)18-22-16(29-23-18)11-28-17(25)9-10-24-19(26)14-3-1-2-4-15(14)20(24)27/h1-8H,9-11H2. The Hall–Kier alpha value is -3.52. The van der Waals surface area contributed by atoms with Crippen LogP contribution in [0, 0.1) is 0 Å². The number of aromatic nitrogens is 2. The molecule has 146 valence electrons. The van der Waals surface area contributed by atoms with E-state index in [4.69, 9.17) is 20.9 Å². The van der Waals surface area contributed by atoms with Crippen molar-refractivity contribution in [2.75, 3.05) is 6.54 Å². The lowest BCUT2D eigenvalue weighted by Gasteiger charge is -2.12. The number of fused-ring (bicyclic) bond motifs is 1. The predicted octanol–water partition coefficient (Wildman–Crippen LogP) is 3.12. The Balaban J connectivity index is 1.30. The van der Waals surface area contributed by atoms with Crippen LogP contribution in [0.5, 0.6) is 0 Å². The largest absolute Gasteiger partial charge is 0.456 e. The van der Waals surface area contributed by atoms with Gasteiger partial charge in [-0.2, -0.15) is 4.98 Å². The van der Waals surface area contributed by atoms with E-state index in [0.717, 1.165) is 4.90 Å². The zero-order chi connectivity index (χ0) is 20.4. The van der Waals surface area contributed by atoms with Crippen molar-refractivity contribution in [2.24, 2.45) is 0 Å². The van der Waals surface area contributed by atoms with Gasteiger partial charge in [0, 0.05) is 17.1 Å². The third-order valence-electron chi connectivity index (χ3n) is 4.34. The molecule has 9 heteroatoms. The van der Waals surface area contributed by atoms with E-state index in [1.54, 1.807) is 48.5 Å².